The van der Waals surface area contributed by atoms with Crippen LogP contribution >= 0.6 is 22.6 Å². The molecule has 2 aromatic carbocycles. The van der Waals surface area contributed by atoms with E-state index in [4.69, 9.17) is 10.5 Å². The third-order valence-electron chi connectivity index (χ3n) is 2.81. The van der Waals surface area contributed by atoms with Gasteiger partial charge >= 0.3 is 6.18 Å². The van der Waals surface area contributed by atoms with E-state index in [-0.39, 0.29) is 5.75 Å². The van der Waals surface area contributed by atoms with Crippen LogP contribution in [-0.2, 0) is 12.6 Å². The van der Waals surface area contributed by atoms with Gasteiger partial charge in [-0.05, 0) is 71.5 Å². The number of nitrogens with two attached hydrogens (primary N) is 1. The van der Waals surface area contributed by atoms with Crippen molar-refractivity contribution in [3.63, 3.8) is 0 Å². The summed E-state index contributed by atoms with van der Waals surface area (Å²) in [5, 5.41) is 0. The van der Waals surface area contributed by atoms with Gasteiger partial charge in [0.25, 0.3) is 0 Å². The van der Waals surface area contributed by atoms with Gasteiger partial charge in [0.2, 0.25) is 0 Å². The fourth-order valence-corrected chi connectivity index (χ4v) is 2.38. The third-order valence-corrected chi connectivity index (χ3v) is 3.48. The summed E-state index contributed by atoms with van der Waals surface area (Å²) >= 11 is 2.07. The number of benzene rings is 2. The highest BCUT2D eigenvalue weighted by atomic mass is 127. The Hall–Kier alpha value is -1.28. The molecule has 0 amide bonds. The molecule has 2 rings (SSSR count). The lowest BCUT2D eigenvalue weighted by atomic mass is 10.1. The predicted octanol–water partition coefficient (Wildman–Crippen LogP) is 4.60. The Labute approximate surface area is 134 Å². The van der Waals surface area contributed by atoms with E-state index in [9.17, 15) is 13.2 Å². The number of ether oxygens (including phenoxy) is 1. The molecular formula is C15H13F3INO. The minimum Gasteiger partial charge on any atom is -0.457 e. The summed E-state index contributed by atoms with van der Waals surface area (Å²) in [6.45, 7) is 0.300. The van der Waals surface area contributed by atoms with Crippen LogP contribution in [0.25, 0.3) is 0 Å². The Kier molecular flexibility index (Phi) is 5.10. The van der Waals surface area contributed by atoms with Crippen LogP contribution in [-0.4, -0.2) is 6.54 Å². The Bertz CT molecular complexity index is 629. The van der Waals surface area contributed by atoms with Crippen LogP contribution in [0.3, 0.4) is 0 Å². The van der Waals surface area contributed by atoms with Crippen molar-refractivity contribution in [2.75, 3.05) is 6.54 Å². The Morgan fingerprint density at radius 2 is 1.86 bits per heavy atom. The van der Waals surface area contributed by atoms with Crippen LogP contribution in [0.5, 0.6) is 11.5 Å². The lowest BCUT2D eigenvalue weighted by Crippen LogP contribution is -2.09. The minimum atomic E-state index is -4.47. The van der Waals surface area contributed by atoms with Crippen molar-refractivity contribution in [2.45, 2.75) is 12.6 Å². The summed E-state index contributed by atoms with van der Waals surface area (Å²) in [6.07, 6.45) is -4.07. The number of rotatable bonds is 4. The van der Waals surface area contributed by atoms with Crippen LogP contribution in [0.15, 0.2) is 42.5 Å². The molecule has 2 N–H and O–H groups in total. The first-order valence-electron chi connectivity index (χ1n) is 6.24. The Morgan fingerprint density at radius 1 is 1.10 bits per heavy atom. The maximum Gasteiger partial charge on any atom is 0.419 e. The van der Waals surface area contributed by atoms with Crippen LogP contribution in [0.1, 0.15) is 11.1 Å². The van der Waals surface area contributed by atoms with Gasteiger partial charge in [-0.1, -0.05) is 12.1 Å². The molecule has 0 bridgehead atoms. The summed E-state index contributed by atoms with van der Waals surface area (Å²) < 4.78 is 45.7. The largest absolute Gasteiger partial charge is 0.457 e. The van der Waals surface area contributed by atoms with Gasteiger partial charge in [0.05, 0.1) is 5.56 Å². The normalized spacial score (nSPS) is 11.5. The monoisotopic (exact) mass is 407 g/mol. The lowest BCUT2D eigenvalue weighted by molar-refractivity contribution is -0.138. The van der Waals surface area contributed by atoms with E-state index >= 15 is 0 Å². The molecule has 0 radical (unpaired) electrons. The number of hydrogen-bond acceptors (Lipinski definition) is 2. The zero-order valence-electron chi connectivity index (χ0n) is 11.0. The van der Waals surface area contributed by atoms with E-state index in [0.29, 0.717) is 24.3 Å². The molecule has 0 atom stereocenters. The lowest BCUT2D eigenvalue weighted by Gasteiger charge is -2.15. The van der Waals surface area contributed by atoms with Crippen molar-refractivity contribution >= 4 is 22.6 Å². The fraction of sp³-hybridized carbons (Fsp3) is 0.200. The molecule has 2 nitrogen and oxygen atoms in total. The first-order chi connectivity index (χ1) is 9.90. The zero-order valence-corrected chi connectivity index (χ0v) is 13.1. The summed E-state index contributed by atoms with van der Waals surface area (Å²) in [7, 11) is 0. The van der Waals surface area contributed by atoms with E-state index < -0.39 is 11.7 Å². The second kappa shape index (κ2) is 6.65. The maximum absolute atomic E-state index is 13.1. The van der Waals surface area contributed by atoms with Crippen LogP contribution in [0.4, 0.5) is 13.2 Å². The quantitative estimate of drug-likeness (QED) is 0.752. The second-order valence-corrected chi connectivity index (χ2v) is 5.67. The standard InChI is InChI=1S/C15H13F3INO/c16-15(17,18)13-8-10(6-7-20)4-5-14(13)21-12-3-1-2-11(19)9-12/h1-5,8-9H,6-7,20H2. The molecule has 0 spiro atoms. The molecule has 0 saturated carbocycles. The molecule has 21 heavy (non-hydrogen) atoms. The topological polar surface area (TPSA) is 35.2 Å². The fourth-order valence-electron chi connectivity index (χ4n) is 1.87. The van der Waals surface area contributed by atoms with Crippen LogP contribution in [0.2, 0.25) is 0 Å². The SMILES string of the molecule is NCCc1ccc(Oc2cccc(I)c2)c(C(F)(F)F)c1. The molecule has 0 aliphatic carbocycles. The predicted molar refractivity (Wildman–Crippen MR) is 83.4 cm³/mol. The maximum atomic E-state index is 13.1. The van der Waals surface area contributed by atoms with E-state index in [2.05, 4.69) is 22.6 Å². The van der Waals surface area contributed by atoms with Crippen LogP contribution in [0, 0.1) is 3.57 Å². The first-order valence-corrected chi connectivity index (χ1v) is 7.31. The van der Waals surface area contributed by atoms with Gasteiger partial charge in [-0.15, -0.1) is 0 Å². The molecule has 6 heteroatoms. The average molecular weight is 407 g/mol. The van der Waals surface area contributed by atoms with Crippen molar-refractivity contribution in [1.29, 1.82) is 0 Å². The summed E-state index contributed by atoms with van der Waals surface area (Å²) in [5.41, 5.74) is 5.14. The highest BCUT2D eigenvalue weighted by molar-refractivity contribution is 14.1. The van der Waals surface area contributed by atoms with Gasteiger partial charge in [0.1, 0.15) is 11.5 Å². The van der Waals surface area contributed by atoms with Gasteiger partial charge in [-0.2, -0.15) is 13.2 Å². The molecule has 0 aliphatic rings. The second-order valence-electron chi connectivity index (χ2n) is 4.43. The average Bonchev–Trinajstić information content (AvgIpc) is 2.39. The van der Waals surface area contributed by atoms with E-state index in [1.807, 2.05) is 6.07 Å². The Morgan fingerprint density at radius 3 is 2.48 bits per heavy atom. The highest BCUT2D eigenvalue weighted by Gasteiger charge is 2.34. The molecule has 112 valence electrons. The van der Waals surface area contributed by atoms with Crippen molar-refractivity contribution in [2.24, 2.45) is 5.73 Å². The van der Waals surface area contributed by atoms with Crippen molar-refractivity contribution in [3.8, 4) is 11.5 Å². The van der Waals surface area contributed by atoms with Gasteiger partial charge < -0.3 is 10.5 Å². The number of halogens is 4. The molecule has 0 saturated heterocycles. The van der Waals surface area contributed by atoms with E-state index in [1.165, 1.54) is 6.07 Å². The minimum absolute atomic E-state index is 0.203. The summed E-state index contributed by atoms with van der Waals surface area (Å²) in [5.74, 6) is 0.171. The molecule has 0 unspecified atom stereocenters. The van der Waals surface area contributed by atoms with Gasteiger partial charge in [0, 0.05) is 3.57 Å². The van der Waals surface area contributed by atoms with Crippen molar-refractivity contribution in [3.05, 3.63) is 57.2 Å². The van der Waals surface area contributed by atoms with Crippen LogP contribution < -0.4 is 10.5 Å². The van der Waals surface area contributed by atoms with Crippen molar-refractivity contribution in [1.82, 2.24) is 0 Å². The first kappa shape index (κ1) is 16.1. The van der Waals surface area contributed by atoms with E-state index in [1.54, 1.807) is 24.3 Å². The summed E-state index contributed by atoms with van der Waals surface area (Å²) in [4.78, 5) is 0. The third kappa shape index (κ3) is 4.34. The van der Waals surface area contributed by atoms with Crippen molar-refractivity contribution < 1.29 is 17.9 Å². The molecule has 0 fully saturated rings. The number of alkyl halides is 3. The molecular weight excluding hydrogens is 394 g/mol. The summed E-state index contributed by atoms with van der Waals surface area (Å²) in [6, 6.07) is 10.9. The van der Waals surface area contributed by atoms with Gasteiger partial charge in [-0.3, -0.25) is 0 Å². The number of hydrogen-bond donors (Lipinski definition) is 1. The Balaban J connectivity index is 2.38. The smallest absolute Gasteiger partial charge is 0.419 e. The molecule has 0 aromatic heterocycles. The van der Waals surface area contributed by atoms with E-state index in [0.717, 1.165) is 9.64 Å². The molecule has 0 aliphatic heterocycles. The molecule has 2 aromatic rings. The zero-order chi connectivity index (χ0) is 15.5. The van der Waals surface area contributed by atoms with Gasteiger partial charge in [0.15, 0.2) is 0 Å². The molecule has 0 heterocycles. The van der Waals surface area contributed by atoms with Gasteiger partial charge in [-0.25, -0.2) is 0 Å². The highest BCUT2D eigenvalue weighted by Crippen LogP contribution is 2.38.